The largest absolute Gasteiger partial charge is 0.341 e. The molecule has 18 heavy (non-hydrogen) atoms. The van der Waals surface area contributed by atoms with E-state index in [1.54, 1.807) is 34.2 Å². The zero-order valence-electron chi connectivity index (χ0n) is 10.1. The number of hydrogen-bond acceptors (Lipinski definition) is 4. The molecule has 6 heteroatoms. The number of carbonyl (C=O) groups is 1. The van der Waals surface area contributed by atoms with E-state index in [1.807, 2.05) is 19.3 Å². The maximum absolute atomic E-state index is 11.9. The molecule has 96 valence electrons. The minimum absolute atomic E-state index is 0.151. The molecule has 0 aromatic carbocycles. The predicted octanol–water partition coefficient (Wildman–Crippen LogP) is 2.36. The number of nitrogens with zero attached hydrogens (tertiary/aromatic N) is 2. The maximum atomic E-state index is 11.9. The normalized spacial score (nSPS) is 10.5. The van der Waals surface area contributed by atoms with Gasteiger partial charge in [0.05, 0.1) is 11.9 Å². The number of aromatic nitrogens is 2. The third kappa shape index (κ3) is 3.89. The van der Waals surface area contributed by atoms with Crippen LogP contribution in [0.5, 0.6) is 0 Å². The number of nitrogens with one attached hydrogen (secondary N) is 1. The van der Waals surface area contributed by atoms with E-state index in [0.717, 1.165) is 11.3 Å². The van der Waals surface area contributed by atoms with Crippen molar-refractivity contribution in [2.75, 3.05) is 12.8 Å². The molecule has 0 atom stereocenters. The lowest BCUT2D eigenvalue weighted by Crippen LogP contribution is -2.27. The Hall–Kier alpha value is -1.27. The number of amides is 1. The van der Waals surface area contributed by atoms with Gasteiger partial charge in [0.15, 0.2) is 0 Å². The number of carbonyl (C=O) groups excluding carboxylic acids is 1. The average Bonchev–Trinajstić information content (AvgIpc) is 3.01. The number of hydrogen-bond donors (Lipinski definition) is 1. The predicted molar refractivity (Wildman–Crippen MR) is 75.5 cm³/mol. The van der Waals surface area contributed by atoms with E-state index in [0.29, 0.717) is 12.3 Å². The molecule has 2 rings (SSSR count). The summed E-state index contributed by atoms with van der Waals surface area (Å²) < 4.78 is 0. The van der Waals surface area contributed by atoms with Gasteiger partial charge in [0.25, 0.3) is 0 Å². The Morgan fingerprint density at radius 3 is 3.17 bits per heavy atom. The summed E-state index contributed by atoms with van der Waals surface area (Å²) in [5, 5.41) is 8.67. The van der Waals surface area contributed by atoms with E-state index in [4.69, 9.17) is 0 Å². The first-order chi connectivity index (χ1) is 8.75. The lowest BCUT2D eigenvalue weighted by molar-refractivity contribution is -0.127. The number of H-pyrrole nitrogens is 1. The molecule has 2 aromatic rings. The van der Waals surface area contributed by atoms with Crippen molar-refractivity contribution in [2.45, 2.75) is 12.3 Å². The van der Waals surface area contributed by atoms with Crippen molar-refractivity contribution in [2.24, 2.45) is 0 Å². The number of thiophene rings is 1. The summed E-state index contributed by atoms with van der Waals surface area (Å²) in [5.41, 5.74) is 1.02. The molecule has 0 spiro atoms. The fourth-order valence-corrected chi connectivity index (χ4v) is 3.28. The lowest BCUT2D eigenvalue weighted by atomic mass is 10.3. The lowest BCUT2D eigenvalue weighted by Gasteiger charge is -2.15. The Kier molecular flexibility index (Phi) is 4.83. The van der Waals surface area contributed by atoms with Crippen molar-refractivity contribution in [1.82, 2.24) is 15.1 Å². The highest BCUT2D eigenvalue weighted by Crippen LogP contribution is 2.17. The number of thioether (sulfide) groups is 1. The van der Waals surface area contributed by atoms with E-state index < -0.39 is 0 Å². The van der Waals surface area contributed by atoms with Crippen molar-refractivity contribution in [3.63, 3.8) is 0 Å². The van der Waals surface area contributed by atoms with Gasteiger partial charge in [0.2, 0.25) is 5.91 Å². The Labute approximate surface area is 114 Å². The zero-order chi connectivity index (χ0) is 12.8. The first-order valence-electron chi connectivity index (χ1n) is 5.57. The molecular formula is C12H15N3OS2. The number of aromatic amines is 1. The van der Waals surface area contributed by atoms with Crippen LogP contribution in [-0.2, 0) is 17.1 Å². The molecule has 1 amide bonds. The van der Waals surface area contributed by atoms with Gasteiger partial charge in [0, 0.05) is 36.0 Å². The molecule has 0 fully saturated rings. The first kappa shape index (κ1) is 13.2. The van der Waals surface area contributed by atoms with Crippen LogP contribution in [0.3, 0.4) is 0 Å². The van der Waals surface area contributed by atoms with Crippen LogP contribution in [0.4, 0.5) is 0 Å². The molecule has 0 aliphatic heterocycles. The van der Waals surface area contributed by atoms with Gasteiger partial charge >= 0.3 is 0 Å². The Bertz CT molecular complexity index is 467. The van der Waals surface area contributed by atoms with E-state index in [1.165, 1.54) is 4.88 Å². The van der Waals surface area contributed by atoms with Crippen LogP contribution in [0.2, 0.25) is 0 Å². The molecule has 0 aliphatic rings. The van der Waals surface area contributed by atoms with E-state index in [-0.39, 0.29) is 5.91 Å². The minimum Gasteiger partial charge on any atom is -0.341 e. The van der Waals surface area contributed by atoms with Gasteiger partial charge in [-0.3, -0.25) is 9.89 Å². The Morgan fingerprint density at radius 2 is 2.50 bits per heavy atom. The third-order valence-corrected chi connectivity index (χ3v) is 4.48. The van der Waals surface area contributed by atoms with Crippen molar-refractivity contribution in [1.29, 1.82) is 0 Å². The summed E-state index contributed by atoms with van der Waals surface area (Å²) in [6.07, 6.45) is 3.55. The van der Waals surface area contributed by atoms with Crippen LogP contribution < -0.4 is 0 Å². The summed E-state index contributed by atoms with van der Waals surface area (Å²) >= 11 is 3.38. The molecule has 0 aliphatic carbocycles. The Balaban J connectivity index is 1.70. The maximum Gasteiger partial charge on any atom is 0.232 e. The minimum atomic E-state index is 0.151. The highest BCUT2D eigenvalue weighted by Gasteiger charge is 2.09. The van der Waals surface area contributed by atoms with Crippen LogP contribution >= 0.6 is 23.1 Å². The van der Waals surface area contributed by atoms with Gasteiger partial charge in [-0.2, -0.15) is 5.10 Å². The molecule has 1 N–H and O–H groups in total. The fraction of sp³-hybridized carbons (Fsp3) is 0.333. The highest BCUT2D eigenvalue weighted by atomic mass is 32.2. The smallest absolute Gasteiger partial charge is 0.232 e. The molecule has 0 radical (unpaired) electrons. The van der Waals surface area contributed by atoms with Gasteiger partial charge in [-0.1, -0.05) is 6.07 Å². The highest BCUT2D eigenvalue weighted by molar-refractivity contribution is 7.99. The second-order valence-electron chi connectivity index (χ2n) is 3.93. The average molecular weight is 281 g/mol. The van der Waals surface area contributed by atoms with Crippen molar-refractivity contribution < 1.29 is 4.79 Å². The van der Waals surface area contributed by atoms with Crippen LogP contribution in [0, 0.1) is 0 Å². The monoisotopic (exact) mass is 281 g/mol. The quantitative estimate of drug-likeness (QED) is 0.884. The van der Waals surface area contributed by atoms with Gasteiger partial charge < -0.3 is 4.90 Å². The van der Waals surface area contributed by atoms with Gasteiger partial charge in [0.1, 0.15) is 0 Å². The summed E-state index contributed by atoms with van der Waals surface area (Å²) in [5.74, 6) is 1.58. The number of rotatable bonds is 6. The van der Waals surface area contributed by atoms with Crippen LogP contribution in [-0.4, -0.2) is 33.8 Å². The van der Waals surface area contributed by atoms with Crippen molar-refractivity contribution in [3.05, 3.63) is 40.3 Å². The summed E-state index contributed by atoms with van der Waals surface area (Å²) in [4.78, 5) is 14.9. The van der Waals surface area contributed by atoms with E-state index in [2.05, 4.69) is 21.6 Å². The fourth-order valence-electron chi connectivity index (χ4n) is 1.47. The second kappa shape index (κ2) is 6.61. The van der Waals surface area contributed by atoms with Crippen molar-refractivity contribution in [3.8, 4) is 0 Å². The summed E-state index contributed by atoms with van der Waals surface area (Å²) in [6.45, 7) is 0.606. The molecule has 2 aromatic heterocycles. The third-order valence-electron chi connectivity index (χ3n) is 2.45. The molecule has 0 saturated heterocycles. The molecule has 4 nitrogen and oxygen atoms in total. The zero-order valence-corrected chi connectivity index (χ0v) is 11.8. The molecule has 0 bridgehead atoms. The summed E-state index contributed by atoms with van der Waals surface area (Å²) in [6, 6.07) is 4.13. The van der Waals surface area contributed by atoms with Gasteiger partial charge in [-0.25, -0.2) is 0 Å². The molecule has 2 heterocycles. The van der Waals surface area contributed by atoms with Gasteiger partial charge in [-0.15, -0.1) is 23.1 Å². The SMILES string of the molecule is CN(Cc1cn[nH]c1)C(=O)CSCc1cccs1. The van der Waals surface area contributed by atoms with Crippen LogP contribution in [0.1, 0.15) is 10.4 Å². The topological polar surface area (TPSA) is 49.0 Å². The molecule has 0 saturated carbocycles. The van der Waals surface area contributed by atoms with Crippen molar-refractivity contribution >= 4 is 29.0 Å². The van der Waals surface area contributed by atoms with E-state index in [9.17, 15) is 4.79 Å². The van der Waals surface area contributed by atoms with Gasteiger partial charge in [-0.05, 0) is 11.4 Å². The molecular weight excluding hydrogens is 266 g/mol. The van der Waals surface area contributed by atoms with Crippen LogP contribution in [0.25, 0.3) is 0 Å². The van der Waals surface area contributed by atoms with Crippen LogP contribution in [0.15, 0.2) is 29.9 Å². The summed E-state index contributed by atoms with van der Waals surface area (Å²) in [7, 11) is 1.82. The van der Waals surface area contributed by atoms with E-state index >= 15 is 0 Å². The molecule has 0 unspecified atom stereocenters. The second-order valence-corrected chi connectivity index (χ2v) is 5.95. The standard InChI is InChI=1S/C12H15N3OS2/c1-15(7-10-5-13-14-6-10)12(16)9-17-8-11-3-2-4-18-11/h2-6H,7-9H2,1H3,(H,13,14). The first-order valence-corrected chi connectivity index (χ1v) is 7.61. The Morgan fingerprint density at radius 1 is 1.61 bits per heavy atom.